The standard InChI is InChI=1S/C22H20N2O4/c1-4-28-22(27)18(14(3)25)19-16-10-5-6-11-17(16)20(23-19)24-21(26)15-9-7-8-13(2)12-15/h5-12,25H,4H2,1-3H3. The van der Waals surface area contributed by atoms with E-state index < -0.39 is 11.9 Å². The molecule has 6 heteroatoms. The Labute approximate surface area is 162 Å². The summed E-state index contributed by atoms with van der Waals surface area (Å²) < 4.78 is 5.05. The molecule has 1 aliphatic heterocycles. The number of hydrogen-bond acceptors (Lipinski definition) is 4. The highest BCUT2D eigenvalue weighted by atomic mass is 16.5. The van der Waals surface area contributed by atoms with E-state index in [9.17, 15) is 14.7 Å². The van der Waals surface area contributed by atoms with Crippen molar-refractivity contribution in [3.8, 4) is 0 Å². The van der Waals surface area contributed by atoms with Gasteiger partial charge in [0, 0.05) is 16.7 Å². The third kappa shape index (κ3) is 3.76. The maximum absolute atomic E-state index is 12.6. The number of amides is 1. The molecule has 1 N–H and O–H groups in total. The van der Waals surface area contributed by atoms with Gasteiger partial charge in [-0.25, -0.2) is 9.79 Å². The number of allylic oxidation sites excluding steroid dienone is 1. The molecule has 1 aliphatic rings. The van der Waals surface area contributed by atoms with Crippen LogP contribution >= 0.6 is 0 Å². The first kappa shape index (κ1) is 19.2. The molecule has 0 aliphatic carbocycles. The van der Waals surface area contributed by atoms with Crippen LogP contribution in [0.4, 0.5) is 0 Å². The molecule has 2 aromatic rings. The first-order chi connectivity index (χ1) is 13.4. The monoisotopic (exact) mass is 376 g/mol. The molecule has 1 heterocycles. The van der Waals surface area contributed by atoms with Crippen LogP contribution in [0.15, 0.2) is 69.8 Å². The first-order valence-electron chi connectivity index (χ1n) is 8.87. The zero-order valence-electron chi connectivity index (χ0n) is 15.9. The predicted molar refractivity (Wildman–Crippen MR) is 107 cm³/mol. The van der Waals surface area contributed by atoms with Gasteiger partial charge in [0.2, 0.25) is 0 Å². The second-order valence-electron chi connectivity index (χ2n) is 6.30. The number of fused-ring (bicyclic) bond motifs is 1. The maximum Gasteiger partial charge on any atom is 0.343 e. The number of carbonyl (C=O) groups is 2. The molecule has 6 nitrogen and oxygen atoms in total. The van der Waals surface area contributed by atoms with Crippen molar-refractivity contribution in [1.82, 2.24) is 0 Å². The normalized spacial score (nSPS) is 15.0. The Morgan fingerprint density at radius 1 is 1.11 bits per heavy atom. The molecule has 142 valence electrons. The van der Waals surface area contributed by atoms with Gasteiger partial charge in [-0.2, -0.15) is 4.99 Å². The number of benzene rings is 2. The lowest BCUT2D eigenvalue weighted by Crippen LogP contribution is -2.18. The summed E-state index contributed by atoms with van der Waals surface area (Å²) >= 11 is 0. The van der Waals surface area contributed by atoms with Crippen LogP contribution in [0.1, 0.15) is 40.9 Å². The van der Waals surface area contributed by atoms with Crippen LogP contribution in [-0.4, -0.2) is 35.1 Å². The van der Waals surface area contributed by atoms with E-state index in [0.29, 0.717) is 16.7 Å². The zero-order chi connectivity index (χ0) is 20.3. The van der Waals surface area contributed by atoms with Crippen molar-refractivity contribution >= 4 is 23.4 Å². The van der Waals surface area contributed by atoms with Crippen LogP contribution in [0.5, 0.6) is 0 Å². The molecule has 0 atom stereocenters. The molecule has 0 saturated carbocycles. The van der Waals surface area contributed by atoms with Gasteiger partial charge < -0.3 is 9.84 Å². The lowest BCUT2D eigenvalue weighted by Gasteiger charge is -2.08. The summed E-state index contributed by atoms with van der Waals surface area (Å²) in [6, 6.07) is 14.2. The molecule has 0 aromatic heterocycles. The Morgan fingerprint density at radius 3 is 2.46 bits per heavy atom. The molecule has 0 bridgehead atoms. The zero-order valence-corrected chi connectivity index (χ0v) is 15.9. The summed E-state index contributed by atoms with van der Waals surface area (Å²) in [4.78, 5) is 33.5. The highest BCUT2D eigenvalue weighted by Crippen LogP contribution is 2.26. The average Bonchev–Trinajstić information content (AvgIpc) is 3.00. The molecule has 3 rings (SSSR count). The van der Waals surface area contributed by atoms with Crippen LogP contribution in [0, 0.1) is 6.92 Å². The molecular formula is C22H20N2O4. The van der Waals surface area contributed by atoms with Crippen molar-refractivity contribution < 1.29 is 19.4 Å². The van der Waals surface area contributed by atoms with E-state index in [-0.39, 0.29) is 29.5 Å². The Morgan fingerprint density at radius 2 is 1.82 bits per heavy atom. The molecule has 2 aromatic carbocycles. The van der Waals surface area contributed by atoms with Gasteiger partial charge in [0.25, 0.3) is 5.91 Å². The van der Waals surface area contributed by atoms with Crippen LogP contribution in [0.2, 0.25) is 0 Å². The van der Waals surface area contributed by atoms with E-state index in [4.69, 9.17) is 4.74 Å². The van der Waals surface area contributed by atoms with Gasteiger partial charge in [0.1, 0.15) is 11.3 Å². The van der Waals surface area contributed by atoms with Gasteiger partial charge in [-0.15, -0.1) is 0 Å². The molecule has 0 fully saturated rings. The predicted octanol–water partition coefficient (Wildman–Crippen LogP) is 3.78. The minimum atomic E-state index is -0.678. The molecule has 0 radical (unpaired) electrons. The number of aliphatic hydroxyl groups is 1. The summed E-state index contributed by atoms with van der Waals surface area (Å²) in [7, 11) is 0. The SMILES string of the molecule is CCOC(=O)C(C1=NC(=NC(=O)c2cccc(C)c2)c2ccccc21)=C(C)O. The van der Waals surface area contributed by atoms with Crippen molar-refractivity contribution in [3.63, 3.8) is 0 Å². The van der Waals surface area contributed by atoms with Crippen LogP contribution in [-0.2, 0) is 9.53 Å². The Kier molecular flexibility index (Phi) is 5.49. The fourth-order valence-electron chi connectivity index (χ4n) is 2.94. The van der Waals surface area contributed by atoms with E-state index in [1.54, 1.807) is 49.4 Å². The van der Waals surface area contributed by atoms with Gasteiger partial charge >= 0.3 is 5.97 Å². The number of aliphatic hydroxyl groups excluding tert-OH is 1. The number of amidine groups is 1. The van der Waals surface area contributed by atoms with Crippen molar-refractivity contribution in [2.75, 3.05) is 6.61 Å². The Balaban J connectivity index is 2.10. The molecule has 0 spiro atoms. The van der Waals surface area contributed by atoms with Crippen LogP contribution < -0.4 is 0 Å². The topological polar surface area (TPSA) is 88.3 Å². The van der Waals surface area contributed by atoms with Gasteiger partial charge in [0.15, 0.2) is 5.84 Å². The third-order valence-corrected chi connectivity index (χ3v) is 4.19. The Hall–Kier alpha value is -3.54. The van der Waals surface area contributed by atoms with E-state index in [2.05, 4.69) is 9.98 Å². The number of aliphatic imine (C=N–C) groups is 2. The second kappa shape index (κ2) is 8.00. The number of esters is 1. The van der Waals surface area contributed by atoms with Crippen molar-refractivity contribution in [1.29, 1.82) is 0 Å². The van der Waals surface area contributed by atoms with Gasteiger partial charge in [-0.05, 0) is 32.9 Å². The van der Waals surface area contributed by atoms with E-state index in [1.165, 1.54) is 6.92 Å². The van der Waals surface area contributed by atoms with E-state index in [0.717, 1.165) is 5.56 Å². The first-order valence-corrected chi connectivity index (χ1v) is 8.87. The second-order valence-corrected chi connectivity index (χ2v) is 6.30. The number of hydrogen-bond donors (Lipinski definition) is 1. The molecular weight excluding hydrogens is 356 g/mol. The van der Waals surface area contributed by atoms with Crippen LogP contribution in [0.3, 0.4) is 0 Å². The lowest BCUT2D eigenvalue weighted by atomic mass is 9.99. The number of nitrogens with zero attached hydrogens (tertiary/aromatic N) is 2. The van der Waals surface area contributed by atoms with Gasteiger partial charge in [-0.1, -0.05) is 42.0 Å². The number of ether oxygens (including phenoxy) is 1. The summed E-state index contributed by atoms with van der Waals surface area (Å²) in [6.07, 6.45) is 0. The van der Waals surface area contributed by atoms with Gasteiger partial charge in [-0.3, -0.25) is 4.79 Å². The highest BCUT2D eigenvalue weighted by molar-refractivity contribution is 6.36. The van der Waals surface area contributed by atoms with Crippen molar-refractivity contribution in [2.24, 2.45) is 9.98 Å². The van der Waals surface area contributed by atoms with Crippen LogP contribution in [0.25, 0.3) is 0 Å². The lowest BCUT2D eigenvalue weighted by molar-refractivity contribution is -0.138. The number of carbonyl (C=O) groups excluding carboxylic acids is 2. The summed E-state index contributed by atoms with van der Waals surface area (Å²) in [5.41, 5.74) is 2.82. The maximum atomic E-state index is 12.6. The average molecular weight is 376 g/mol. The molecule has 1 amide bonds. The molecule has 28 heavy (non-hydrogen) atoms. The van der Waals surface area contributed by atoms with Crippen molar-refractivity contribution in [2.45, 2.75) is 20.8 Å². The fourth-order valence-corrected chi connectivity index (χ4v) is 2.94. The van der Waals surface area contributed by atoms with Gasteiger partial charge in [0.05, 0.1) is 12.3 Å². The highest BCUT2D eigenvalue weighted by Gasteiger charge is 2.30. The summed E-state index contributed by atoms with van der Waals surface area (Å²) in [6.45, 7) is 5.13. The largest absolute Gasteiger partial charge is 0.512 e. The minimum absolute atomic E-state index is 0.0393. The number of aryl methyl sites for hydroxylation is 1. The quantitative estimate of drug-likeness (QED) is 0.500. The molecule has 0 unspecified atom stereocenters. The summed E-state index contributed by atoms with van der Waals surface area (Å²) in [5, 5.41) is 10.1. The third-order valence-electron chi connectivity index (χ3n) is 4.19. The van der Waals surface area contributed by atoms with E-state index >= 15 is 0 Å². The number of rotatable bonds is 4. The molecule has 0 saturated heterocycles. The minimum Gasteiger partial charge on any atom is -0.512 e. The summed E-state index contributed by atoms with van der Waals surface area (Å²) in [5.74, 6) is -1.12. The fraction of sp³-hybridized carbons (Fsp3) is 0.182. The smallest absolute Gasteiger partial charge is 0.343 e. The van der Waals surface area contributed by atoms with E-state index in [1.807, 2.05) is 13.0 Å². The Bertz CT molecular complexity index is 1040. The van der Waals surface area contributed by atoms with Crippen molar-refractivity contribution in [3.05, 3.63) is 82.1 Å².